The Morgan fingerprint density at radius 2 is 1.87 bits per heavy atom. The molecule has 0 aromatic rings. The maximum absolute atomic E-state index is 12.6. The fourth-order valence-corrected chi connectivity index (χ4v) is 8.15. The molecule has 4 aliphatic rings. The Hall–Kier alpha value is -1.45. The van der Waals surface area contributed by atoms with E-state index >= 15 is 0 Å². The molecule has 0 N–H and O–H groups in total. The molecule has 4 rings (SSSR count). The lowest BCUT2D eigenvalue weighted by molar-refractivity contribution is -0.166. The number of ether oxygens (including phenoxy) is 1. The van der Waals surface area contributed by atoms with Crippen LogP contribution in [0.3, 0.4) is 0 Å². The molecule has 0 amide bonds. The third-order valence-electron chi connectivity index (χ3n) is 9.79. The minimum Gasteiger partial charge on any atom is -0.461 e. The van der Waals surface area contributed by atoms with Gasteiger partial charge in [-0.15, -0.1) is 0 Å². The Bertz CT molecular complexity index is 782. The summed E-state index contributed by atoms with van der Waals surface area (Å²) in [5, 5.41) is 0. The number of hydrogen-bond acceptors (Lipinski definition) is 4. The summed E-state index contributed by atoms with van der Waals surface area (Å²) in [7, 11) is 0. The van der Waals surface area contributed by atoms with E-state index in [2.05, 4.69) is 20.8 Å². The van der Waals surface area contributed by atoms with E-state index < -0.39 is 0 Å². The molecule has 0 heterocycles. The molecule has 0 spiro atoms. The molecule has 3 fully saturated rings. The monoisotopic (exact) mass is 428 g/mol. The summed E-state index contributed by atoms with van der Waals surface area (Å²) in [6, 6.07) is 0. The van der Waals surface area contributed by atoms with E-state index in [-0.39, 0.29) is 34.6 Å². The van der Waals surface area contributed by atoms with E-state index in [1.54, 1.807) is 6.92 Å². The lowest BCUT2D eigenvalue weighted by Crippen LogP contribution is -2.56. The van der Waals surface area contributed by atoms with Gasteiger partial charge in [0.2, 0.25) is 0 Å². The number of carbonyl (C=O) groups excluding carboxylic acids is 3. The summed E-state index contributed by atoms with van der Waals surface area (Å²) in [6.45, 7) is 8.53. The third kappa shape index (κ3) is 3.72. The minimum atomic E-state index is -0.337. The lowest BCUT2D eigenvalue weighted by atomic mass is 9.46. The van der Waals surface area contributed by atoms with Gasteiger partial charge in [-0.05, 0) is 81.1 Å². The van der Waals surface area contributed by atoms with Gasteiger partial charge in [-0.3, -0.25) is 14.4 Å². The van der Waals surface area contributed by atoms with E-state index in [0.717, 1.165) is 57.8 Å². The van der Waals surface area contributed by atoms with Gasteiger partial charge in [0.05, 0.1) is 0 Å². The highest BCUT2D eigenvalue weighted by molar-refractivity contribution is 5.92. The number of unbranched alkanes of at least 4 members (excludes halogenated alkanes) is 2. The molecule has 172 valence electrons. The molecule has 4 unspecified atom stereocenters. The predicted octanol–water partition coefficient (Wildman–Crippen LogP) is 5.83. The first-order chi connectivity index (χ1) is 14.7. The van der Waals surface area contributed by atoms with Crippen molar-refractivity contribution in [3.63, 3.8) is 0 Å². The van der Waals surface area contributed by atoms with Crippen LogP contribution in [-0.2, 0) is 19.1 Å². The normalized spacial score (nSPS) is 41.6. The van der Waals surface area contributed by atoms with Crippen molar-refractivity contribution in [1.29, 1.82) is 0 Å². The maximum atomic E-state index is 12.6. The lowest BCUT2D eigenvalue weighted by Gasteiger charge is -2.59. The standard InChI is InChI=1S/C27H40O4/c1-5-6-7-8-25(30)31-24-16-19(29)15-18-9-10-20-22-12-11-21(17(2)28)26(22,3)14-13-23(20)27(18,24)4/h15,20-24H,5-14,16H2,1-4H3/t20?,21-,22?,23?,24?,26-,27+/m1/s1. The average Bonchev–Trinajstić information content (AvgIpc) is 3.06. The molecule has 0 radical (unpaired) electrons. The summed E-state index contributed by atoms with van der Waals surface area (Å²) in [4.78, 5) is 37.5. The fraction of sp³-hybridized carbons (Fsp3) is 0.815. The van der Waals surface area contributed by atoms with Gasteiger partial charge >= 0.3 is 5.97 Å². The van der Waals surface area contributed by atoms with Gasteiger partial charge < -0.3 is 4.74 Å². The second-order valence-corrected chi connectivity index (χ2v) is 11.3. The van der Waals surface area contributed by atoms with Crippen molar-refractivity contribution in [2.45, 2.75) is 104 Å². The largest absolute Gasteiger partial charge is 0.461 e. The highest BCUT2D eigenvalue weighted by Gasteiger charge is 2.62. The molecule has 3 saturated carbocycles. The average molecular weight is 429 g/mol. The Morgan fingerprint density at radius 1 is 1.10 bits per heavy atom. The molecule has 4 nitrogen and oxygen atoms in total. The number of ketones is 2. The van der Waals surface area contributed by atoms with E-state index in [9.17, 15) is 14.4 Å². The van der Waals surface area contributed by atoms with Crippen molar-refractivity contribution >= 4 is 17.5 Å². The Labute approximate surface area is 187 Å². The van der Waals surface area contributed by atoms with Gasteiger partial charge in [0.15, 0.2) is 5.78 Å². The van der Waals surface area contributed by atoms with Gasteiger partial charge in [0, 0.05) is 24.2 Å². The first-order valence-electron chi connectivity index (χ1n) is 12.7. The first-order valence-corrected chi connectivity index (χ1v) is 12.7. The van der Waals surface area contributed by atoms with Crippen molar-refractivity contribution < 1.29 is 19.1 Å². The van der Waals surface area contributed by atoms with E-state index in [1.165, 1.54) is 5.57 Å². The van der Waals surface area contributed by atoms with Crippen molar-refractivity contribution in [1.82, 2.24) is 0 Å². The second-order valence-electron chi connectivity index (χ2n) is 11.3. The second kappa shape index (κ2) is 8.48. The van der Waals surface area contributed by atoms with Crippen LogP contribution >= 0.6 is 0 Å². The summed E-state index contributed by atoms with van der Waals surface area (Å²) in [5.41, 5.74) is 1.08. The van der Waals surface area contributed by atoms with E-state index in [1.807, 2.05) is 6.08 Å². The fourth-order valence-electron chi connectivity index (χ4n) is 8.15. The quantitative estimate of drug-likeness (QED) is 0.395. The maximum Gasteiger partial charge on any atom is 0.306 e. The highest BCUT2D eigenvalue weighted by Crippen LogP contribution is 2.67. The Balaban J connectivity index is 1.59. The molecule has 0 aromatic heterocycles. The summed E-state index contributed by atoms with van der Waals surface area (Å²) < 4.78 is 6.07. The Morgan fingerprint density at radius 3 is 2.58 bits per heavy atom. The molecule has 4 heteroatoms. The Kier molecular flexibility index (Phi) is 6.22. The molecule has 4 aliphatic carbocycles. The van der Waals surface area contributed by atoms with Crippen LogP contribution in [0.25, 0.3) is 0 Å². The zero-order chi connectivity index (χ0) is 22.4. The summed E-state index contributed by atoms with van der Waals surface area (Å²) >= 11 is 0. The molecular formula is C27H40O4. The van der Waals surface area contributed by atoms with Crippen molar-refractivity contribution in [2.24, 2.45) is 34.5 Å². The van der Waals surface area contributed by atoms with E-state index in [4.69, 9.17) is 4.74 Å². The highest BCUT2D eigenvalue weighted by atomic mass is 16.5. The van der Waals surface area contributed by atoms with Crippen LogP contribution in [0, 0.1) is 34.5 Å². The number of esters is 1. The van der Waals surface area contributed by atoms with Crippen LogP contribution in [-0.4, -0.2) is 23.6 Å². The number of Topliss-reactive ketones (excluding diaryl/α,β-unsaturated/α-hetero) is 1. The molecule has 0 aromatic carbocycles. The van der Waals surface area contributed by atoms with Gasteiger partial charge in [-0.2, -0.15) is 0 Å². The smallest absolute Gasteiger partial charge is 0.306 e. The molecule has 0 bridgehead atoms. The molecule has 0 saturated heterocycles. The van der Waals surface area contributed by atoms with Gasteiger partial charge in [0.1, 0.15) is 11.9 Å². The SMILES string of the molecule is CCCCCC(=O)OC1CC(=O)C=C2CCC3C(CC[C@@]4(C)C3CC[C@@H]4C(C)=O)[C@]21C. The molecule has 7 atom stereocenters. The zero-order valence-corrected chi connectivity index (χ0v) is 19.9. The third-order valence-corrected chi connectivity index (χ3v) is 9.79. The summed E-state index contributed by atoms with van der Waals surface area (Å²) in [5.74, 6) is 2.07. The zero-order valence-electron chi connectivity index (χ0n) is 19.9. The van der Waals surface area contributed by atoms with E-state index in [0.29, 0.717) is 36.4 Å². The van der Waals surface area contributed by atoms with Crippen molar-refractivity contribution in [3.8, 4) is 0 Å². The summed E-state index contributed by atoms with van der Waals surface area (Å²) in [6.07, 6.45) is 11.6. The minimum absolute atomic E-state index is 0.107. The topological polar surface area (TPSA) is 60.4 Å². The van der Waals surface area contributed by atoms with Crippen LogP contribution < -0.4 is 0 Å². The van der Waals surface area contributed by atoms with Crippen molar-refractivity contribution in [3.05, 3.63) is 11.6 Å². The number of rotatable bonds is 6. The number of fused-ring (bicyclic) bond motifs is 5. The van der Waals surface area contributed by atoms with Crippen LogP contribution in [0.2, 0.25) is 0 Å². The van der Waals surface area contributed by atoms with Crippen LogP contribution in [0.15, 0.2) is 11.6 Å². The van der Waals surface area contributed by atoms with Crippen LogP contribution in [0.1, 0.15) is 98.3 Å². The number of carbonyl (C=O) groups is 3. The molecule has 0 aliphatic heterocycles. The van der Waals surface area contributed by atoms with Gasteiger partial charge in [-0.25, -0.2) is 0 Å². The predicted molar refractivity (Wildman–Crippen MR) is 120 cm³/mol. The number of hydrogen-bond donors (Lipinski definition) is 0. The van der Waals surface area contributed by atoms with Crippen LogP contribution in [0.4, 0.5) is 0 Å². The van der Waals surface area contributed by atoms with Gasteiger partial charge in [0.25, 0.3) is 0 Å². The van der Waals surface area contributed by atoms with Gasteiger partial charge in [-0.1, -0.05) is 39.2 Å². The van der Waals surface area contributed by atoms with Crippen LogP contribution in [0.5, 0.6) is 0 Å². The van der Waals surface area contributed by atoms with Crippen molar-refractivity contribution in [2.75, 3.05) is 0 Å². The molecule has 31 heavy (non-hydrogen) atoms. The first kappa shape index (κ1) is 22.7. The molecular weight excluding hydrogens is 388 g/mol.